The number of amides is 2. The van der Waals surface area contributed by atoms with Crippen LogP contribution in [0, 0.1) is 5.41 Å². The van der Waals surface area contributed by atoms with Crippen LogP contribution in [0.15, 0.2) is 30.3 Å². The van der Waals surface area contributed by atoms with Crippen LogP contribution < -0.4 is 10.6 Å². The lowest BCUT2D eigenvalue weighted by Gasteiger charge is -2.48. The van der Waals surface area contributed by atoms with Crippen LogP contribution in [-0.4, -0.2) is 25.4 Å². The molecule has 0 aromatic heterocycles. The fourth-order valence-corrected chi connectivity index (χ4v) is 3.29. The van der Waals surface area contributed by atoms with Crippen molar-refractivity contribution in [2.45, 2.75) is 32.1 Å². The molecule has 1 aromatic rings. The van der Waals surface area contributed by atoms with Crippen LogP contribution in [0.4, 0.5) is 0 Å². The van der Waals surface area contributed by atoms with Gasteiger partial charge >= 0.3 is 0 Å². The zero-order chi connectivity index (χ0) is 14.8. The molecule has 21 heavy (non-hydrogen) atoms. The Bertz CT molecular complexity index is 516. The Labute approximate surface area is 132 Å². The van der Waals surface area contributed by atoms with Crippen molar-refractivity contribution >= 4 is 24.2 Å². The van der Waals surface area contributed by atoms with Gasteiger partial charge in [0.2, 0.25) is 11.8 Å². The van der Waals surface area contributed by atoms with Gasteiger partial charge in [0.15, 0.2) is 0 Å². The van der Waals surface area contributed by atoms with E-state index in [1.54, 1.807) is 0 Å². The zero-order valence-corrected chi connectivity index (χ0v) is 13.5. The van der Waals surface area contributed by atoms with Crippen LogP contribution in [0.2, 0.25) is 0 Å². The van der Waals surface area contributed by atoms with Crippen molar-refractivity contribution in [3.8, 4) is 0 Å². The molecular formula is C16H23ClN2O2. The molecule has 0 radical (unpaired) electrons. The second-order valence-corrected chi connectivity index (χ2v) is 6.06. The van der Waals surface area contributed by atoms with Crippen LogP contribution in [0.5, 0.6) is 0 Å². The maximum atomic E-state index is 12.7. The average molecular weight is 311 g/mol. The van der Waals surface area contributed by atoms with Crippen LogP contribution >= 0.6 is 12.4 Å². The zero-order valence-electron chi connectivity index (χ0n) is 12.7. The van der Waals surface area contributed by atoms with Gasteiger partial charge in [-0.3, -0.25) is 14.9 Å². The van der Waals surface area contributed by atoms with Gasteiger partial charge in [0.05, 0.1) is 5.41 Å². The molecule has 2 amide bonds. The van der Waals surface area contributed by atoms with Gasteiger partial charge in [-0.05, 0) is 31.0 Å². The number of benzene rings is 1. The molecule has 2 N–H and O–H groups in total. The number of nitrogens with one attached hydrogen (secondary N) is 2. The summed E-state index contributed by atoms with van der Waals surface area (Å²) in [6, 6.07) is 9.78. The molecule has 0 aliphatic carbocycles. The number of rotatable bonds is 4. The van der Waals surface area contributed by atoms with Crippen molar-refractivity contribution in [3.05, 3.63) is 35.9 Å². The van der Waals surface area contributed by atoms with Gasteiger partial charge in [-0.15, -0.1) is 12.4 Å². The predicted molar refractivity (Wildman–Crippen MR) is 85.5 cm³/mol. The molecule has 1 aliphatic heterocycles. The second kappa shape index (κ2) is 6.58. The van der Waals surface area contributed by atoms with Gasteiger partial charge in [-0.2, -0.15) is 0 Å². The van der Waals surface area contributed by atoms with E-state index in [2.05, 4.69) is 10.6 Å². The van der Waals surface area contributed by atoms with Crippen LogP contribution in [0.3, 0.4) is 0 Å². The van der Waals surface area contributed by atoms with E-state index in [1.807, 2.05) is 51.2 Å². The number of carbonyl (C=O) groups excluding carboxylic acids is 2. The largest absolute Gasteiger partial charge is 0.320 e. The summed E-state index contributed by atoms with van der Waals surface area (Å²) < 4.78 is 0. The fraction of sp³-hybridized carbons (Fsp3) is 0.500. The SMILES string of the molecule is CNCCC1(c2ccccc2)C(=O)NC(=O)CC1(C)C.Cl. The monoisotopic (exact) mass is 310 g/mol. The molecule has 116 valence electrons. The Morgan fingerprint density at radius 3 is 2.33 bits per heavy atom. The minimum Gasteiger partial charge on any atom is -0.320 e. The van der Waals surface area contributed by atoms with Gasteiger partial charge < -0.3 is 5.32 Å². The number of carbonyl (C=O) groups is 2. The quantitative estimate of drug-likeness (QED) is 0.837. The summed E-state index contributed by atoms with van der Waals surface area (Å²) in [5.41, 5.74) is -0.110. The third kappa shape index (κ3) is 2.97. The maximum Gasteiger partial charge on any atom is 0.237 e. The van der Waals surface area contributed by atoms with E-state index in [0.29, 0.717) is 12.8 Å². The predicted octanol–water partition coefficient (Wildman–Crippen LogP) is 2.03. The molecule has 5 heteroatoms. The molecule has 0 saturated carbocycles. The highest BCUT2D eigenvalue weighted by Crippen LogP contribution is 2.48. The Kier molecular flexibility index (Phi) is 5.54. The number of hydrogen-bond acceptors (Lipinski definition) is 3. The third-order valence-corrected chi connectivity index (χ3v) is 4.41. The lowest BCUT2D eigenvalue weighted by molar-refractivity contribution is -0.145. The van der Waals surface area contributed by atoms with E-state index < -0.39 is 10.8 Å². The normalized spacial score (nSPS) is 24.1. The van der Waals surface area contributed by atoms with E-state index in [0.717, 1.165) is 12.1 Å². The van der Waals surface area contributed by atoms with Gasteiger partial charge in [0.25, 0.3) is 0 Å². The van der Waals surface area contributed by atoms with Crippen molar-refractivity contribution in [1.82, 2.24) is 10.6 Å². The summed E-state index contributed by atoms with van der Waals surface area (Å²) in [5, 5.41) is 5.64. The van der Waals surface area contributed by atoms with Crippen molar-refractivity contribution < 1.29 is 9.59 Å². The van der Waals surface area contributed by atoms with Crippen molar-refractivity contribution in [3.63, 3.8) is 0 Å². The van der Waals surface area contributed by atoms with Gasteiger partial charge in [0, 0.05) is 6.42 Å². The highest BCUT2D eigenvalue weighted by molar-refractivity contribution is 6.04. The Hall–Kier alpha value is -1.39. The summed E-state index contributed by atoms with van der Waals surface area (Å²) in [5.74, 6) is -0.365. The van der Waals surface area contributed by atoms with Crippen LogP contribution in [0.1, 0.15) is 32.3 Å². The molecular weight excluding hydrogens is 288 g/mol. The average Bonchev–Trinajstić information content (AvgIpc) is 2.38. The molecule has 1 saturated heterocycles. The topological polar surface area (TPSA) is 58.2 Å². The number of halogens is 1. The van der Waals surface area contributed by atoms with E-state index in [1.165, 1.54) is 0 Å². The van der Waals surface area contributed by atoms with Crippen LogP contribution in [-0.2, 0) is 15.0 Å². The van der Waals surface area contributed by atoms with Crippen LogP contribution in [0.25, 0.3) is 0 Å². The minimum atomic E-state index is -0.675. The molecule has 1 atom stereocenters. The molecule has 4 nitrogen and oxygen atoms in total. The van der Waals surface area contributed by atoms with E-state index in [4.69, 9.17) is 0 Å². The molecule has 2 rings (SSSR count). The third-order valence-electron chi connectivity index (χ3n) is 4.41. The van der Waals surface area contributed by atoms with Crippen molar-refractivity contribution in [2.24, 2.45) is 5.41 Å². The Morgan fingerprint density at radius 2 is 1.81 bits per heavy atom. The van der Waals surface area contributed by atoms with Gasteiger partial charge in [-0.25, -0.2) is 0 Å². The lowest BCUT2D eigenvalue weighted by Crippen LogP contribution is -2.61. The molecule has 1 heterocycles. The van der Waals surface area contributed by atoms with E-state index in [-0.39, 0.29) is 24.2 Å². The molecule has 1 unspecified atom stereocenters. The smallest absolute Gasteiger partial charge is 0.237 e. The molecule has 1 aromatic carbocycles. The van der Waals surface area contributed by atoms with Crippen molar-refractivity contribution in [1.29, 1.82) is 0 Å². The van der Waals surface area contributed by atoms with E-state index >= 15 is 0 Å². The molecule has 1 fully saturated rings. The summed E-state index contributed by atoms with van der Waals surface area (Å²) in [7, 11) is 1.87. The standard InChI is InChI=1S/C16H22N2O2.ClH/c1-15(2)11-13(19)18-14(20)16(15,9-10-17-3)12-7-5-4-6-8-12;/h4-8,17H,9-11H2,1-3H3,(H,18,19,20);1H. The number of imide groups is 1. The van der Waals surface area contributed by atoms with Gasteiger partial charge in [-0.1, -0.05) is 44.2 Å². The van der Waals surface area contributed by atoms with E-state index in [9.17, 15) is 9.59 Å². The van der Waals surface area contributed by atoms with Crippen molar-refractivity contribution in [2.75, 3.05) is 13.6 Å². The first-order valence-electron chi connectivity index (χ1n) is 6.98. The Morgan fingerprint density at radius 1 is 1.19 bits per heavy atom. The minimum absolute atomic E-state index is 0. The first-order valence-corrected chi connectivity index (χ1v) is 6.98. The second-order valence-electron chi connectivity index (χ2n) is 6.06. The highest BCUT2D eigenvalue weighted by atomic mass is 35.5. The summed E-state index contributed by atoms with van der Waals surface area (Å²) in [6.45, 7) is 4.73. The first-order chi connectivity index (χ1) is 9.44. The van der Waals surface area contributed by atoms with Gasteiger partial charge in [0.1, 0.15) is 0 Å². The molecule has 0 spiro atoms. The Balaban J connectivity index is 0.00000220. The lowest BCUT2D eigenvalue weighted by atomic mass is 9.56. The number of piperidine rings is 1. The summed E-state index contributed by atoms with van der Waals surface area (Å²) in [4.78, 5) is 24.4. The molecule has 0 bridgehead atoms. The summed E-state index contributed by atoms with van der Waals surface area (Å²) >= 11 is 0. The fourth-order valence-electron chi connectivity index (χ4n) is 3.29. The summed E-state index contributed by atoms with van der Waals surface area (Å²) in [6.07, 6.45) is 1.02. The first kappa shape index (κ1) is 17.7. The number of hydrogen-bond donors (Lipinski definition) is 2. The molecule has 1 aliphatic rings. The highest BCUT2D eigenvalue weighted by Gasteiger charge is 2.55. The maximum absolute atomic E-state index is 12.7.